The molecular weight excluding hydrogens is 292 g/mol. The van der Waals surface area contributed by atoms with Gasteiger partial charge in [0.15, 0.2) is 0 Å². The Bertz CT molecular complexity index is 516. The third kappa shape index (κ3) is 4.34. The van der Waals surface area contributed by atoms with Gasteiger partial charge >= 0.3 is 0 Å². The van der Waals surface area contributed by atoms with Crippen LogP contribution in [0, 0.1) is 0 Å². The number of carbonyl (C=O) groups excluding carboxylic acids is 2. The second-order valence-electron chi connectivity index (χ2n) is 4.88. The molecular formula is C14H21ClN4O2. The number of halogens is 1. The highest BCUT2D eigenvalue weighted by Crippen LogP contribution is 2.30. The van der Waals surface area contributed by atoms with Crippen LogP contribution in [0.4, 0.5) is 11.4 Å². The number of carbonyl (C=O) groups is 2. The monoisotopic (exact) mass is 312 g/mol. The summed E-state index contributed by atoms with van der Waals surface area (Å²) in [6.45, 7) is 2.20. The van der Waals surface area contributed by atoms with Crippen molar-refractivity contribution in [3.05, 3.63) is 23.8 Å². The maximum atomic E-state index is 11.7. The van der Waals surface area contributed by atoms with Crippen molar-refractivity contribution in [2.45, 2.75) is 19.3 Å². The number of primary amides is 1. The highest BCUT2D eigenvalue weighted by Gasteiger charge is 2.18. The summed E-state index contributed by atoms with van der Waals surface area (Å²) in [4.78, 5) is 25.2. The molecule has 7 heteroatoms. The Morgan fingerprint density at radius 2 is 1.90 bits per heavy atom. The lowest BCUT2D eigenvalue weighted by Gasteiger charge is -2.22. The fraction of sp³-hybridized carbons (Fsp3) is 0.429. The van der Waals surface area contributed by atoms with Gasteiger partial charge in [-0.1, -0.05) is 0 Å². The quantitative estimate of drug-likeness (QED) is 0.757. The Morgan fingerprint density at radius 3 is 2.48 bits per heavy atom. The lowest BCUT2D eigenvalue weighted by atomic mass is 10.1. The summed E-state index contributed by atoms with van der Waals surface area (Å²) >= 11 is 0. The normalized spacial score (nSPS) is 13.7. The molecule has 1 aromatic carbocycles. The Balaban J connectivity index is 0.00000220. The van der Waals surface area contributed by atoms with E-state index in [9.17, 15) is 9.59 Å². The van der Waals surface area contributed by atoms with E-state index in [4.69, 9.17) is 11.5 Å². The first-order valence-corrected chi connectivity index (χ1v) is 6.80. The summed E-state index contributed by atoms with van der Waals surface area (Å²) in [5.41, 5.74) is 12.6. The van der Waals surface area contributed by atoms with Crippen LogP contribution in [0.5, 0.6) is 0 Å². The van der Waals surface area contributed by atoms with Crippen molar-refractivity contribution >= 4 is 35.6 Å². The van der Waals surface area contributed by atoms with Crippen LogP contribution in [0.15, 0.2) is 18.2 Å². The molecule has 0 atom stereocenters. The van der Waals surface area contributed by atoms with Crippen LogP contribution in [-0.4, -0.2) is 31.4 Å². The number of rotatable bonds is 5. The molecule has 116 valence electrons. The molecule has 0 aliphatic carbocycles. The van der Waals surface area contributed by atoms with E-state index in [1.54, 1.807) is 12.1 Å². The predicted octanol–water partition coefficient (Wildman–Crippen LogP) is 1.09. The summed E-state index contributed by atoms with van der Waals surface area (Å²) in [7, 11) is 0. The fourth-order valence-electron chi connectivity index (χ4n) is 2.37. The second kappa shape index (κ2) is 7.85. The minimum Gasteiger partial charge on any atom is -0.370 e. The van der Waals surface area contributed by atoms with Gasteiger partial charge in [0.2, 0.25) is 11.8 Å². The number of amides is 2. The SMILES string of the molecule is Cl.NCCC(=O)Nc1cc(C(N)=O)ccc1N1CCCC1. The molecule has 21 heavy (non-hydrogen) atoms. The van der Waals surface area contributed by atoms with E-state index >= 15 is 0 Å². The zero-order valence-electron chi connectivity index (χ0n) is 11.8. The molecule has 0 spiro atoms. The van der Waals surface area contributed by atoms with Crippen LogP contribution in [0.1, 0.15) is 29.6 Å². The molecule has 1 aliphatic heterocycles. The molecule has 6 nitrogen and oxygen atoms in total. The third-order valence-corrected chi connectivity index (χ3v) is 3.37. The molecule has 0 radical (unpaired) electrons. The van der Waals surface area contributed by atoms with E-state index in [2.05, 4.69) is 10.2 Å². The highest BCUT2D eigenvalue weighted by molar-refractivity contribution is 5.99. The van der Waals surface area contributed by atoms with Crippen LogP contribution in [0.2, 0.25) is 0 Å². The zero-order chi connectivity index (χ0) is 14.5. The van der Waals surface area contributed by atoms with Gasteiger partial charge in [-0.05, 0) is 31.0 Å². The summed E-state index contributed by atoms with van der Waals surface area (Å²) < 4.78 is 0. The van der Waals surface area contributed by atoms with Gasteiger partial charge in [-0.25, -0.2) is 0 Å². The summed E-state index contributed by atoms with van der Waals surface area (Å²) in [5.74, 6) is -0.665. The number of anilines is 2. The molecule has 1 aliphatic rings. The number of hydrogen-bond acceptors (Lipinski definition) is 4. The molecule has 5 N–H and O–H groups in total. The molecule has 0 aromatic heterocycles. The fourth-order valence-corrected chi connectivity index (χ4v) is 2.37. The number of nitrogens with zero attached hydrogens (tertiary/aromatic N) is 1. The van der Waals surface area contributed by atoms with Gasteiger partial charge < -0.3 is 21.7 Å². The Hall–Kier alpha value is -1.79. The van der Waals surface area contributed by atoms with E-state index in [0.717, 1.165) is 31.6 Å². The van der Waals surface area contributed by atoms with Crippen LogP contribution in [-0.2, 0) is 4.79 Å². The van der Waals surface area contributed by atoms with Gasteiger partial charge in [-0.2, -0.15) is 0 Å². The molecule has 1 heterocycles. The van der Waals surface area contributed by atoms with Crippen molar-refractivity contribution in [3.8, 4) is 0 Å². The van der Waals surface area contributed by atoms with Gasteiger partial charge in [0.25, 0.3) is 0 Å². The summed E-state index contributed by atoms with van der Waals surface area (Å²) in [6, 6.07) is 5.16. The number of hydrogen-bond donors (Lipinski definition) is 3. The van der Waals surface area contributed by atoms with Crippen LogP contribution < -0.4 is 21.7 Å². The van der Waals surface area contributed by atoms with E-state index in [-0.39, 0.29) is 24.7 Å². The number of nitrogens with two attached hydrogens (primary N) is 2. The minimum absolute atomic E-state index is 0. The molecule has 0 bridgehead atoms. The van der Waals surface area contributed by atoms with Crippen LogP contribution in [0.3, 0.4) is 0 Å². The van der Waals surface area contributed by atoms with Crippen LogP contribution >= 0.6 is 12.4 Å². The van der Waals surface area contributed by atoms with Crippen molar-refractivity contribution < 1.29 is 9.59 Å². The van der Waals surface area contributed by atoms with Crippen molar-refractivity contribution in [1.29, 1.82) is 0 Å². The predicted molar refractivity (Wildman–Crippen MR) is 86.0 cm³/mol. The maximum Gasteiger partial charge on any atom is 0.248 e. The minimum atomic E-state index is -0.507. The average molecular weight is 313 g/mol. The standard InChI is InChI=1S/C14H20N4O2.ClH/c15-6-5-13(19)17-11-9-10(14(16)20)3-4-12(11)18-7-1-2-8-18;/h3-4,9H,1-2,5-8,15H2,(H2,16,20)(H,17,19);1H. The number of benzene rings is 1. The largest absolute Gasteiger partial charge is 0.370 e. The molecule has 0 saturated carbocycles. The highest BCUT2D eigenvalue weighted by atomic mass is 35.5. The Kier molecular flexibility index (Phi) is 6.45. The van der Waals surface area contributed by atoms with Crippen molar-refractivity contribution in [1.82, 2.24) is 0 Å². The van der Waals surface area contributed by atoms with Crippen molar-refractivity contribution in [2.75, 3.05) is 29.9 Å². The van der Waals surface area contributed by atoms with Gasteiger partial charge in [-0.3, -0.25) is 9.59 Å². The second-order valence-corrected chi connectivity index (χ2v) is 4.88. The Labute approximate surface area is 130 Å². The molecule has 0 unspecified atom stereocenters. The smallest absolute Gasteiger partial charge is 0.248 e. The third-order valence-electron chi connectivity index (χ3n) is 3.37. The zero-order valence-corrected chi connectivity index (χ0v) is 12.6. The van der Waals surface area contributed by atoms with Crippen molar-refractivity contribution in [3.63, 3.8) is 0 Å². The molecule has 1 aromatic rings. The van der Waals surface area contributed by atoms with E-state index in [1.807, 2.05) is 6.07 Å². The van der Waals surface area contributed by atoms with E-state index in [0.29, 0.717) is 17.8 Å². The van der Waals surface area contributed by atoms with Gasteiger partial charge in [0.1, 0.15) is 0 Å². The summed E-state index contributed by atoms with van der Waals surface area (Å²) in [5, 5.41) is 2.82. The lowest BCUT2D eigenvalue weighted by Crippen LogP contribution is -2.23. The molecule has 2 rings (SSSR count). The van der Waals surface area contributed by atoms with Crippen molar-refractivity contribution in [2.24, 2.45) is 11.5 Å². The Morgan fingerprint density at radius 1 is 1.24 bits per heavy atom. The first-order valence-electron chi connectivity index (χ1n) is 6.80. The number of nitrogens with one attached hydrogen (secondary N) is 1. The van der Waals surface area contributed by atoms with E-state index < -0.39 is 5.91 Å². The van der Waals surface area contributed by atoms with Gasteiger partial charge in [0.05, 0.1) is 11.4 Å². The molecule has 1 fully saturated rings. The first kappa shape index (κ1) is 17.3. The first-order chi connectivity index (χ1) is 9.61. The van der Waals surface area contributed by atoms with Gasteiger partial charge in [-0.15, -0.1) is 12.4 Å². The van der Waals surface area contributed by atoms with E-state index in [1.165, 1.54) is 0 Å². The average Bonchev–Trinajstić information content (AvgIpc) is 2.92. The summed E-state index contributed by atoms with van der Waals surface area (Å²) in [6.07, 6.45) is 2.52. The molecule has 1 saturated heterocycles. The van der Waals surface area contributed by atoms with Gasteiger partial charge in [0, 0.05) is 31.6 Å². The maximum absolute atomic E-state index is 11.7. The molecule has 2 amide bonds. The topological polar surface area (TPSA) is 101 Å². The lowest BCUT2D eigenvalue weighted by molar-refractivity contribution is -0.116. The van der Waals surface area contributed by atoms with Crippen LogP contribution in [0.25, 0.3) is 0 Å².